The maximum atomic E-state index is 13.8. The molecule has 0 aliphatic heterocycles. The van der Waals surface area contributed by atoms with E-state index in [1.165, 1.54) is 0 Å². The smallest absolute Gasteiger partial charge is 0.325 e. The Morgan fingerprint density at radius 1 is 1.00 bits per heavy atom. The summed E-state index contributed by atoms with van der Waals surface area (Å²) in [7, 11) is -2.87. The van der Waals surface area contributed by atoms with Crippen molar-refractivity contribution in [1.82, 2.24) is 0 Å². The Kier molecular flexibility index (Phi) is 9.46. The van der Waals surface area contributed by atoms with Crippen LogP contribution in [0.15, 0.2) is 60.7 Å². The van der Waals surface area contributed by atoms with Gasteiger partial charge in [0.15, 0.2) is 0 Å². The summed E-state index contributed by atoms with van der Waals surface area (Å²) < 4.78 is 18.9. The van der Waals surface area contributed by atoms with Crippen LogP contribution in [0.3, 0.4) is 0 Å². The third-order valence-electron chi connectivity index (χ3n) is 4.03. The largest absolute Gasteiger partial charge is 0.465 e. The minimum Gasteiger partial charge on any atom is -0.465 e. The lowest BCUT2D eigenvalue weighted by Gasteiger charge is -2.26. The van der Waals surface area contributed by atoms with Gasteiger partial charge in [0, 0.05) is 16.8 Å². The first-order chi connectivity index (χ1) is 11.4. The van der Waals surface area contributed by atoms with Crippen LogP contribution in [0.1, 0.15) is 20.3 Å². The van der Waals surface area contributed by atoms with Crippen LogP contribution in [-0.2, 0) is 14.1 Å². The van der Waals surface area contributed by atoms with Gasteiger partial charge in [0.1, 0.15) is 12.7 Å². The van der Waals surface area contributed by atoms with Crippen LogP contribution in [0.4, 0.5) is 0 Å². The molecule has 2 rings (SSSR count). The fourth-order valence-electron chi connectivity index (χ4n) is 2.53. The molecule has 0 fully saturated rings. The van der Waals surface area contributed by atoms with Gasteiger partial charge in [0.25, 0.3) is 0 Å². The van der Waals surface area contributed by atoms with Gasteiger partial charge < -0.3 is 26.0 Å². The molecule has 2 aromatic rings. The fraction of sp³-hybridized carbons (Fsp3) is 0.316. The van der Waals surface area contributed by atoms with Crippen LogP contribution in [0.5, 0.6) is 0 Å². The van der Waals surface area contributed by atoms with E-state index in [1.54, 1.807) is 13.8 Å². The molecule has 0 spiro atoms. The lowest BCUT2D eigenvalue weighted by Crippen LogP contribution is -2.47. The quantitative estimate of drug-likeness (QED) is 0.566. The maximum absolute atomic E-state index is 13.8. The Balaban J connectivity index is 0.00000312. The van der Waals surface area contributed by atoms with Crippen LogP contribution < -0.4 is 16.3 Å². The number of esters is 1. The monoisotopic (exact) mass is 381 g/mol. The summed E-state index contributed by atoms with van der Waals surface area (Å²) in [5.41, 5.74) is 4.96. The van der Waals surface area contributed by atoms with Crippen molar-refractivity contribution in [1.29, 1.82) is 0 Å². The molecule has 0 saturated carbocycles. The first kappa shape index (κ1) is 24.0. The lowest BCUT2D eigenvalue weighted by molar-refractivity contribution is -0.149. The summed E-state index contributed by atoms with van der Waals surface area (Å²) in [5.74, 6) is -0.460. The highest BCUT2D eigenvalue weighted by Crippen LogP contribution is 2.44. The number of hydrogen-bond acceptors (Lipinski definition) is 4. The van der Waals surface area contributed by atoms with E-state index in [9.17, 15) is 9.36 Å². The predicted octanol–water partition coefficient (Wildman–Crippen LogP) is 1.02. The van der Waals surface area contributed by atoms with Crippen LogP contribution >= 0.6 is 7.14 Å². The molecule has 7 heteroatoms. The minimum absolute atomic E-state index is 0. The Hall–Kier alpha value is -1.98. The highest BCUT2D eigenvalue weighted by Gasteiger charge is 2.35. The molecule has 0 bridgehead atoms. The maximum Gasteiger partial charge on any atom is 0.325 e. The zero-order chi connectivity index (χ0) is 17.6. The number of ether oxygens (including phenoxy) is 1. The van der Waals surface area contributed by atoms with E-state index in [4.69, 9.17) is 10.5 Å². The van der Waals surface area contributed by atoms with Gasteiger partial charge >= 0.3 is 5.97 Å². The van der Waals surface area contributed by atoms with Crippen LogP contribution in [0, 0.1) is 0 Å². The number of hydrogen-bond donors (Lipinski definition) is 1. The van der Waals surface area contributed by atoms with Crippen molar-refractivity contribution in [2.45, 2.75) is 25.8 Å². The second kappa shape index (κ2) is 10.2. The molecule has 0 aromatic heterocycles. The van der Waals surface area contributed by atoms with E-state index in [0.29, 0.717) is 6.16 Å². The molecule has 6 nitrogen and oxygen atoms in total. The summed E-state index contributed by atoms with van der Waals surface area (Å²) in [6.45, 7) is 3.65. The van der Waals surface area contributed by atoms with E-state index in [2.05, 4.69) is 0 Å². The SMILES string of the molecule is CCOC(=O)C(C)(N)CCP(=O)(c1ccccc1)c1ccccc1.O.O. The Morgan fingerprint density at radius 2 is 1.42 bits per heavy atom. The van der Waals surface area contributed by atoms with Gasteiger partial charge in [-0.05, 0) is 20.3 Å². The first-order valence-electron chi connectivity index (χ1n) is 8.06. The average Bonchev–Trinajstić information content (AvgIpc) is 2.61. The standard InChI is InChI=1S/C19H24NO3P.2H2O/c1-3-23-18(21)19(2,20)14-15-24(22,16-10-6-4-7-11-16)17-12-8-5-9-13-17;;/h4-13H,3,14-15,20H2,1-2H3;2*1H2. The topological polar surface area (TPSA) is 132 Å². The molecule has 144 valence electrons. The Labute approximate surface area is 154 Å². The highest BCUT2D eigenvalue weighted by atomic mass is 31.2. The lowest BCUT2D eigenvalue weighted by atomic mass is 10.0. The van der Waals surface area contributed by atoms with Gasteiger partial charge in [0.2, 0.25) is 0 Å². The van der Waals surface area contributed by atoms with Gasteiger partial charge in [-0.25, -0.2) is 0 Å². The van der Waals surface area contributed by atoms with Gasteiger partial charge in [-0.3, -0.25) is 4.79 Å². The van der Waals surface area contributed by atoms with Crippen molar-refractivity contribution < 1.29 is 25.0 Å². The molecule has 0 radical (unpaired) electrons. The van der Waals surface area contributed by atoms with E-state index < -0.39 is 18.7 Å². The van der Waals surface area contributed by atoms with Crippen molar-refractivity contribution in [3.63, 3.8) is 0 Å². The number of carbonyl (C=O) groups excluding carboxylic acids is 1. The summed E-state index contributed by atoms with van der Waals surface area (Å²) >= 11 is 0. The van der Waals surface area contributed by atoms with E-state index in [1.807, 2.05) is 60.7 Å². The molecule has 2 aromatic carbocycles. The van der Waals surface area contributed by atoms with E-state index in [-0.39, 0.29) is 24.0 Å². The molecule has 26 heavy (non-hydrogen) atoms. The summed E-state index contributed by atoms with van der Waals surface area (Å²) in [6, 6.07) is 18.7. The fourth-order valence-corrected chi connectivity index (χ4v) is 5.43. The molecule has 6 N–H and O–H groups in total. The number of benzene rings is 2. The molecule has 0 heterocycles. The number of rotatable bonds is 7. The van der Waals surface area contributed by atoms with Gasteiger partial charge in [-0.2, -0.15) is 0 Å². The normalized spacial score (nSPS) is 12.9. The summed E-state index contributed by atoms with van der Waals surface area (Å²) in [4.78, 5) is 12.0. The highest BCUT2D eigenvalue weighted by molar-refractivity contribution is 7.78. The van der Waals surface area contributed by atoms with Crippen molar-refractivity contribution >= 4 is 23.7 Å². The van der Waals surface area contributed by atoms with Crippen molar-refractivity contribution in [3.8, 4) is 0 Å². The van der Waals surface area contributed by atoms with Crippen molar-refractivity contribution in [3.05, 3.63) is 60.7 Å². The molecule has 1 unspecified atom stereocenters. The molecule has 0 aliphatic rings. The van der Waals surface area contributed by atoms with Crippen molar-refractivity contribution in [2.24, 2.45) is 5.73 Å². The van der Waals surface area contributed by atoms with Gasteiger partial charge in [0.05, 0.1) is 6.61 Å². The van der Waals surface area contributed by atoms with Gasteiger partial charge in [-0.15, -0.1) is 0 Å². The zero-order valence-electron chi connectivity index (χ0n) is 15.1. The molecular formula is C19H28NO5P. The Morgan fingerprint density at radius 3 is 1.81 bits per heavy atom. The summed E-state index contributed by atoms with van der Waals surface area (Å²) in [6.07, 6.45) is 0.597. The second-order valence-electron chi connectivity index (χ2n) is 6.02. The predicted molar refractivity (Wildman–Crippen MR) is 106 cm³/mol. The number of nitrogens with two attached hydrogens (primary N) is 1. The molecule has 0 aliphatic carbocycles. The second-order valence-corrected chi connectivity index (χ2v) is 8.98. The minimum atomic E-state index is -2.87. The third kappa shape index (κ3) is 5.51. The third-order valence-corrected chi connectivity index (χ3v) is 7.15. The van der Waals surface area contributed by atoms with E-state index in [0.717, 1.165) is 10.6 Å². The number of carbonyl (C=O) groups is 1. The van der Waals surface area contributed by atoms with Crippen LogP contribution in [0.25, 0.3) is 0 Å². The van der Waals surface area contributed by atoms with Crippen LogP contribution in [0.2, 0.25) is 0 Å². The zero-order valence-corrected chi connectivity index (χ0v) is 16.0. The first-order valence-corrected chi connectivity index (χ1v) is 9.96. The average molecular weight is 381 g/mol. The molecule has 0 amide bonds. The molecular weight excluding hydrogens is 353 g/mol. The van der Waals surface area contributed by atoms with Gasteiger partial charge in [-0.1, -0.05) is 60.7 Å². The molecule has 1 atom stereocenters. The van der Waals surface area contributed by atoms with Crippen LogP contribution in [-0.4, -0.2) is 35.2 Å². The summed E-state index contributed by atoms with van der Waals surface area (Å²) in [5, 5.41) is 1.55. The molecule has 0 saturated heterocycles. The van der Waals surface area contributed by atoms with Crippen molar-refractivity contribution in [2.75, 3.05) is 12.8 Å². The Bertz CT molecular complexity index is 676. The van der Waals surface area contributed by atoms with E-state index >= 15 is 0 Å².